The Balaban J connectivity index is -0.000000464. The standard InChI is InChI=1S/C22H42O2.Na.H2O4S.H/c1-3-5-7-8-9-10-11-12-13-14-15-16-17-18-20-21(22(23)24)19-6-4-2;;1-5(2,3)4;/h12-13,21H,3-11,14-20H2,1-2H3,(H,23,24);;(H2,1,2,3,4);/q;+1;;-1. The molecule has 0 rings (SSSR count). The molecule has 6 nitrogen and oxygen atoms in total. The largest absolute Gasteiger partial charge is 1.00 e. The Kier molecular flexibility index (Phi) is 29.3. The molecule has 0 aliphatic carbocycles. The van der Waals surface area contributed by atoms with Gasteiger partial charge in [-0.15, -0.1) is 0 Å². The molecule has 0 spiro atoms. The van der Waals surface area contributed by atoms with E-state index in [1.54, 1.807) is 0 Å². The van der Waals surface area contributed by atoms with E-state index in [0.717, 1.165) is 32.1 Å². The van der Waals surface area contributed by atoms with Gasteiger partial charge in [-0.3, -0.25) is 13.9 Å². The molecule has 0 aliphatic heterocycles. The fraction of sp³-hybridized carbons (Fsp3) is 0.864. The molecule has 0 fully saturated rings. The van der Waals surface area contributed by atoms with E-state index in [1.807, 2.05) is 0 Å². The van der Waals surface area contributed by atoms with E-state index in [4.69, 9.17) is 17.5 Å². The molecular formula is C22H45NaO6S. The van der Waals surface area contributed by atoms with Crippen LogP contribution in [0.3, 0.4) is 0 Å². The molecule has 0 amide bonds. The smallest absolute Gasteiger partial charge is 1.00 e. The fourth-order valence-electron chi connectivity index (χ4n) is 3.13. The van der Waals surface area contributed by atoms with E-state index in [-0.39, 0.29) is 36.9 Å². The number of hydrogen-bond acceptors (Lipinski definition) is 3. The van der Waals surface area contributed by atoms with Gasteiger partial charge in [0.25, 0.3) is 0 Å². The van der Waals surface area contributed by atoms with Crippen LogP contribution < -0.4 is 29.6 Å². The van der Waals surface area contributed by atoms with Gasteiger partial charge in [0.15, 0.2) is 0 Å². The van der Waals surface area contributed by atoms with Crippen molar-refractivity contribution in [1.29, 1.82) is 0 Å². The summed E-state index contributed by atoms with van der Waals surface area (Å²) < 4.78 is 31.6. The Morgan fingerprint density at radius 2 is 1.13 bits per heavy atom. The maximum atomic E-state index is 11.2. The molecule has 0 aromatic carbocycles. The minimum absolute atomic E-state index is 0. The quantitative estimate of drug-likeness (QED) is 0.123. The van der Waals surface area contributed by atoms with Crippen molar-refractivity contribution in [3.05, 3.63) is 12.2 Å². The molecular weight excluding hydrogens is 415 g/mol. The van der Waals surface area contributed by atoms with Crippen molar-refractivity contribution < 1.29 is 58.4 Å². The van der Waals surface area contributed by atoms with Crippen LogP contribution in [-0.2, 0) is 15.2 Å². The molecule has 0 aliphatic rings. The molecule has 1 atom stereocenters. The molecule has 0 radical (unpaired) electrons. The summed E-state index contributed by atoms with van der Waals surface area (Å²) in [5.41, 5.74) is 0. The third-order valence-electron chi connectivity index (χ3n) is 4.82. The van der Waals surface area contributed by atoms with Crippen LogP contribution in [0.25, 0.3) is 0 Å². The van der Waals surface area contributed by atoms with Gasteiger partial charge in [-0.2, -0.15) is 8.42 Å². The van der Waals surface area contributed by atoms with Crippen LogP contribution >= 0.6 is 0 Å². The molecule has 30 heavy (non-hydrogen) atoms. The van der Waals surface area contributed by atoms with Crippen LogP contribution in [0.1, 0.15) is 118 Å². The van der Waals surface area contributed by atoms with Gasteiger partial charge in [0.1, 0.15) is 0 Å². The predicted octanol–water partition coefficient (Wildman–Crippen LogP) is 3.99. The maximum Gasteiger partial charge on any atom is 1.00 e. The molecule has 8 heteroatoms. The summed E-state index contributed by atoms with van der Waals surface area (Å²) in [4.78, 5) is 11.2. The van der Waals surface area contributed by atoms with Gasteiger partial charge in [0.05, 0.1) is 5.92 Å². The van der Waals surface area contributed by atoms with Crippen LogP contribution in [0, 0.1) is 5.92 Å². The van der Waals surface area contributed by atoms with Gasteiger partial charge in [-0.25, -0.2) is 0 Å². The SMILES string of the molecule is CCCCCCCCC=CCCCCCCC(CCCC)C(=O)O.O=S(=O)(O)O.[H-].[Na+]. The van der Waals surface area contributed by atoms with E-state index in [2.05, 4.69) is 26.0 Å². The zero-order chi connectivity index (χ0) is 22.4. The summed E-state index contributed by atoms with van der Waals surface area (Å²) in [6.45, 7) is 4.39. The molecule has 176 valence electrons. The van der Waals surface area contributed by atoms with E-state index < -0.39 is 16.4 Å². The number of allylic oxidation sites excluding steroid dienone is 2. The van der Waals surface area contributed by atoms with Gasteiger partial charge in [-0.1, -0.05) is 90.2 Å². The second-order valence-corrected chi connectivity index (χ2v) is 8.54. The Hall–Kier alpha value is 0.0800. The van der Waals surface area contributed by atoms with Gasteiger partial charge in [-0.05, 0) is 38.5 Å². The fourth-order valence-corrected chi connectivity index (χ4v) is 3.13. The van der Waals surface area contributed by atoms with Crippen LogP contribution in [-0.4, -0.2) is 28.6 Å². The average molecular weight is 461 g/mol. The normalized spacial score (nSPS) is 12.1. The van der Waals surface area contributed by atoms with Crippen LogP contribution in [0.5, 0.6) is 0 Å². The predicted molar refractivity (Wildman–Crippen MR) is 121 cm³/mol. The summed E-state index contributed by atoms with van der Waals surface area (Å²) in [5.74, 6) is -0.705. The van der Waals surface area contributed by atoms with Crippen molar-refractivity contribution in [3.8, 4) is 0 Å². The van der Waals surface area contributed by atoms with Gasteiger partial charge in [0.2, 0.25) is 0 Å². The third-order valence-corrected chi connectivity index (χ3v) is 4.82. The molecule has 0 saturated carbocycles. The Morgan fingerprint density at radius 1 is 0.767 bits per heavy atom. The maximum absolute atomic E-state index is 11.2. The molecule has 1 unspecified atom stereocenters. The Morgan fingerprint density at radius 3 is 1.57 bits per heavy atom. The van der Waals surface area contributed by atoms with E-state index in [1.165, 1.54) is 70.6 Å². The van der Waals surface area contributed by atoms with Gasteiger partial charge in [0, 0.05) is 0 Å². The van der Waals surface area contributed by atoms with Crippen molar-refractivity contribution in [2.24, 2.45) is 5.92 Å². The summed E-state index contributed by atoms with van der Waals surface area (Å²) in [6.07, 6.45) is 24.0. The summed E-state index contributed by atoms with van der Waals surface area (Å²) in [5, 5.41) is 9.19. The molecule has 3 N–H and O–H groups in total. The topological polar surface area (TPSA) is 112 Å². The first-order valence-electron chi connectivity index (χ1n) is 11.3. The van der Waals surface area contributed by atoms with Gasteiger partial charge < -0.3 is 6.53 Å². The monoisotopic (exact) mass is 460 g/mol. The molecule has 0 aromatic rings. The number of carboxylic acid groups (broad SMARTS) is 1. The number of carboxylic acids is 1. The molecule has 0 heterocycles. The second kappa shape index (κ2) is 25.3. The summed E-state index contributed by atoms with van der Waals surface area (Å²) in [7, 11) is -4.67. The van der Waals surface area contributed by atoms with Crippen molar-refractivity contribution in [2.75, 3.05) is 0 Å². The number of aliphatic carboxylic acids is 1. The van der Waals surface area contributed by atoms with E-state index in [0.29, 0.717) is 0 Å². The first-order chi connectivity index (χ1) is 13.7. The Bertz CT molecular complexity index is 492. The van der Waals surface area contributed by atoms with Crippen LogP contribution in [0.2, 0.25) is 0 Å². The zero-order valence-electron chi connectivity index (χ0n) is 20.5. The molecule has 0 aromatic heterocycles. The van der Waals surface area contributed by atoms with E-state index >= 15 is 0 Å². The van der Waals surface area contributed by atoms with Crippen molar-refractivity contribution in [3.63, 3.8) is 0 Å². The first kappa shape index (κ1) is 34.7. The Labute approximate surface area is 208 Å². The minimum Gasteiger partial charge on any atom is -1.00 e. The third kappa shape index (κ3) is 35.5. The summed E-state index contributed by atoms with van der Waals surface area (Å²) >= 11 is 0. The number of carbonyl (C=O) groups is 1. The molecule has 0 bridgehead atoms. The van der Waals surface area contributed by atoms with Crippen LogP contribution in [0.15, 0.2) is 12.2 Å². The average Bonchev–Trinajstić information content (AvgIpc) is 2.62. The van der Waals surface area contributed by atoms with Crippen molar-refractivity contribution >= 4 is 16.4 Å². The number of unbranched alkanes of at least 4 members (excludes halogenated alkanes) is 11. The van der Waals surface area contributed by atoms with E-state index in [9.17, 15) is 9.90 Å². The van der Waals surface area contributed by atoms with Crippen LogP contribution in [0.4, 0.5) is 0 Å². The second-order valence-electron chi connectivity index (χ2n) is 7.64. The van der Waals surface area contributed by atoms with Crippen molar-refractivity contribution in [2.45, 2.75) is 117 Å². The number of rotatable bonds is 18. The van der Waals surface area contributed by atoms with Gasteiger partial charge >= 0.3 is 45.9 Å². The van der Waals surface area contributed by atoms with Crippen molar-refractivity contribution in [1.82, 2.24) is 0 Å². The summed E-state index contributed by atoms with van der Waals surface area (Å²) in [6, 6.07) is 0. The molecule has 0 saturated heterocycles. The first-order valence-corrected chi connectivity index (χ1v) is 12.7. The number of hydrogen-bond donors (Lipinski definition) is 3. The minimum atomic E-state index is -4.67. The zero-order valence-corrected chi connectivity index (χ0v) is 22.3.